The van der Waals surface area contributed by atoms with E-state index < -0.39 is 8.80 Å². The Morgan fingerprint density at radius 2 is 1.43 bits per heavy atom. The second-order valence-electron chi connectivity index (χ2n) is 4.91. The minimum Gasteiger partial charge on any atom is -0.373 e. The molecule has 2 atom stereocenters. The van der Waals surface area contributed by atoms with Gasteiger partial charge in [-0.25, -0.2) is 0 Å². The molecule has 0 aliphatic rings. The van der Waals surface area contributed by atoms with Gasteiger partial charge in [0.1, 0.15) is 0 Å². The Labute approximate surface area is 138 Å². The summed E-state index contributed by atoms with van der Waals surface area (Å²) in [7, 11) is -2.71. The predicted molar refractivity (Wildman–Crippen MR) is 92.8 cm³/mol. The van der Waals surface area contributed by atoms with Gasteiger partial charge in [-0.15, -0.1) is 0 Å². The fourth-order valence-corrected chi connectivity index (χ4v) is 5.46. The Kier molecular flexibility index (Phi) is 8.12. The summed E-state index contributed by atoms with van der Waals surface area (Å²) in [6.07, 6.45) is 0. The summed E-state index contributed by atoms with van der Waals surface area (Å²) in [5.41, 5.74) is 2.58. The van der Waals surface area contributed by atoms with Crippen molar-refractivity contribution in [3.63, 3.8) is 0 Å². The summed E-state index contributed by atoms with van der Waals surface area (Å²) in [6.45, 7) is 12.0. The first-order chi connectivity index (χ1) is 10.0. The van der Waals surface area contributed by atoms with Crippen molar-refractivity contribution < 1.29 is 13.3 Å². The van der Waals surface area contributed by atoms with Crippen LogP contribution in [0.4, 0.5) is 0 Å². The third kappa shape index (κ3) is 4.89. The van der Waals surface area contributed by atoms with Crippen molar-refractivity contribution in [2.24, 2.45) is 0 Å². The van der Waals surface area contributed by atoms with Gasteiger partial charge in [0, 0.05) is 24.6 Å². The summed E-state index contributed by atoms with van der Waals surface area (Å²) in [4.78, 5) is 0.326. The minimum absolute atomic E-state index is 0.114. The highest BCUT2D eigenvalue weighted by molar-refractivity contribution is 9.09. The molecular formula is C16H27BrO3Si. The molecule has 5 heteroatoms. The van der Waals surface area contributed by atoms with E-state index in [-0.39, 0.29) is 5.54 Å². The van der Waals surface area contributed by atoms with Gasteiger partial charge in [-0.2, -0.15) is 0 Å². The number of halogens is 1. The normalized spacial score (nSPS) is 15.0. The molecule has 1 aromatic rings. The molecule has 0 aliphatic carbocycles. The Morgan fingerprint density at radius 1 is 0.952 bits per heavy atom. The molecule has 1 rings (SSSR count). The van der Waals surface area contributed by atoms with E-state index >= 15 is 0 Å². The molecule has 0 spiro atoms. The Hall–Kier alpha value is -0.203. The van der Waals surface area contributed by atoms with Crippen LogP contribution in [0.3, 0.4) is 0 Å². The van der Waals surface area contributed by atoms with Gasteiger partial charge in [-0.3, -0.25) is 0 Å². The fraction of sp³-hybridized carbons (Fsp3) is 0.625. The third-order valence-corrected chi connectivity index (χ3v) is 7.43. The van der Waals surface area contributed by atoms with E-state index in [0.717, 1.165) is 0 Å². The second kappa shape index (κ2) is 9.05. The van der Waals surface area contributed by atoms with E-state index in [9.17, 15) is 0 Å². The smallest absolute Gasteiger partial charge is 0.373 e. The van der Waals surface area contributed by atoms with Crippen LogP contribution in [0.25, 0.3) is 0 Å². The molecule has 0 heterocycles. The van der Waals surface area contributed by atoms with Crippen LogP contribution in [0, 0.1) is 0 Å². The van der Waals surface area contributed by atoms with Gasteiger partial charge in [-0.05, 0) is 38.8 Å². The Morgan fingerprint density at radius 3 is 1.86 bits per heavy atom. The molecule has 0 saturated carbocycles. The molecule has 0 bridgehead atoms. The molecular weight excluding hydrogens is 348 g/mol. The van der Waals surface area contributed by atoms with Crippen molar-refractivity contribution in [3.05, 3.63) is 35.4 Å². The SMILES string of the molecule is CCO[Si](OCC)(OCC)C(C)c1cccc(C(C)Br)c1. The van der Waals surface area contributed by atoms with E-state index in [1.54, 1.807) is 0 Å². The molecule has 0 amide bonds. The maximum Gasteiger partial charge on any atom is 0.508 e. The van der Waals surface area contributed by atoms with Crippen LogP contribution >= 0.6 is 15.9 Å². The zero-order chi connectivity index (χ0) is 15.9. The van der Waals surface area contributed by atoms with E-state index in [1.165, 1.54) is 11.1 Å². The van der Waals surface area contributed by atoms with Crippen LogP contribution in [0.5, 0.6) is 0 Å². The van der Waals surface area contributed by atoms with Crippen molar-refractivity contribution in [1.29, 1.82) is 0 Å². The Bertz CT molecular complexity index is 409. The molecule has 1 aromatic carbocycles. The van der Waals surface area contributed by atoms with Crippen LogP contribution in [-0.4, -0.2) is 28.6 Å². The molecule has 0 N–H and O–H groups in total. The van der Waals surface area contributed by atoms with Gasteiger partial charge in [0.15, 0.2) is 0 Å². The van der Waals surface area contributed by atoms with Crippen LogP contribution < -0.4 is 0 Å². The Balaban J connectivity index is 3.13. The second-order valence-corrected chi connectivity index (χ2v) is 9.22. The molecule has 21 heavy (non-hydrogen) atoms. The standard InChI is InChI=1S/C16H27BrO3Si/c1-6-18-21(19-7-2,20-8-3)14(5)16-11-9-10-15(12-16)13(4)17/h9-14H,6-8H2,1-5H3. The van der Waals surface area contributed by atoms with Crippen molar-refractivity contribution in [1.82, 2.24) is 0 Å². The first-order valence-electron chi connectivity index (χ1n) is 7.66. The fourth-order valence-electron chi connectivity index (χ4n) is 2.38. The number of alkyl halides is 1. The first-order valence-corrected chi connectivity index (χ1v) is 10.4. The molecule has 2 unspecified atom stereocenters. The molecule has 0 saturated heterocycles. The van der Waals surface area contributed by atoms with E-state index in [1.807, 2.05) is 20.8 Å². The highest BCUT2D eigenvalue weighted by Gasteiger charge is 2.47. The number of benzene rings is 1. The minimum atomic E-state index is -2.71. The predicted octanol–water partition coefficient (Wildman–Crippen LogP) is 4.83. The molecule has 120 valence electrons. The summed E-state index contributed by atoms with van der Waals surface area (Å²) in [5.74, 6) is 0. The van der Waals surface area contributed by atoms with Crippen molar-refractivity contribution in [2.45, 2.75) is 45.0 Å². The average molecular weight is 375 g/mol. The maximum atomic E-state index is 6.01. The number of hydrogen-bond donors (Lipinski definition) is 0. The van der Waals surface area contributed by atoms with Crippen LogP contribution in [0.2, 0.25) is 0 Å². The zero-order valence-electron chi connectivity index (χ0n) is 13.7. The summed E-state index contributed by atoms with van der Waals surface area (Å²) in [6, 6.07) is 8.55. The van der Waals surface area contributed by atoms with E-state index in [4.69, 9.17) is 13.3 Å². The lowest BCUT2D eigenvalue weighted by molar-refractivity contribution is 0.0633. The zero-order valence-corrected chi connectivity index (χ0v) is 16.3. The summed E-state index contributed by atoms with van der Waals surface area (Å²) >= 11 is 3.63. The van der Waals surface area contributed by atoms with Gasteiger partial charge in [0.05, 0.1) is 5.54 Å². The van der Waals surface area contributed by atoms with E-state index in [0.29, 0.717) is 24.6 Å². The lowest BCUT2D eigenvalue weighted by atomic mass is 10.1. The summed E-state index contributed by atoms with van der Waals surface area (Å²) in [5, 5.41) is 0. The molecule has 0 aliphatic heterocycles. The molecule has 0 radical (unpaired) electrons. The molecule has 3 nitrogen and oxygen atoms in total. The molecule has 0 fully saturated rings. The third-order valence-electron chi connectivity index (χ3n) is 3.44. The maximum absolute atomic E-state index is 6.01. The average Bonchev–Trinajstić information content (AvgIpc) is 2.47. The van der Waals surface area contributed by atoms with Gasteiger partial charge in [-0.1, -0.05) is 47.1 Å². The van der Waals surface area contributed by atoms with Crippen molar-refractivity contribution in [3.8, 4) is 0 Å². The van der Waals surface area contributed by atoms with Crippen molar-refractivity contribution in [2.75, 3.05) is 19.8 Å². The summed E-state index contributed by atoms with van der Waals surface area (Å²) < 4.78 is 18.0. The van der Waals surface area contributed by atoms with Gasteiger partial charge < -0.3 is 13.3 Å². The topological polar surface area (TPSA) is 27.7 Å². The van der Waals surface area contributed by atoms with Crippen LogP contribution in [-0.2, 0) is 13.3 Å². The lowest BCUT2D eigenvalue weighted by Gasteiger charge is -2.33. The quantitative estimate of drug-likeness (QED) is 0.457. The van der Waals surface area contributed by atoms with Gasteiger partial charge in [0.2, 0.25) is 0 Å². The lowest BCUT2D eigenvalue weighted by Crippen LogP contribution is -2.51. The van der Waals surface area contributed by atoms with Gasteiger partial charge >= 0.3 is 8.80 Å². The van der Waals surface area contributed by atoms with Crippen LogP contribution in [0.15, 0.2) is 24.3 Å². The monoisotopic (exact) mass is 374 g/mol. The van der Waals surface area contributed by atoms with Crippen molar-refractivity contribution >= 4 is 24.7 Å². The van der Waals surface area contributed by atoms with E-state index in [2.05, 4.69) is 54.0 Å². The van der Waals surface area contributed by atoms with Crippen LogP contribution in [0.1, 0.15) is 56.1 Å². The molecule has 0 aromatic heterocycles. The van der Waals surface area contributed by atoms with Gasteiger partial charge in [0.25, 0.3) is 0 Å². The first kappa shape index (κ1) is 18.8. The highest BCUT2D eigenvalue weighted by atomic mass is 79.9. The number of rotatable bonds is 9. The largest absolute Gasteiger partial charge is 0.508 e. The number of hydrogen-bond acceptors (Lipinski definition) is 3. The highest BCUT2D eigenvalue weighted by Crippen LogP contribution is 2.32.